The van der Waals surface area contributed by atoms with Gasteiger partial charge in [-0.3, -0.25) is 14.7 Å². The third-order valence-electron chi connectivity index (χ3n) is 11.8. The van der Waals surface area contributed by atoms with E-state index in [0.717, 1.165) is 32.6 Å². The van der Waals surface area contributed by atoms with E-state index in [1.807, 2.05) is 0 Å². The molecule has 0 unspecified atom stereocenters. The van der Waals surface area contributed by atoms with Crippen molar-refractivity contribution in [1.29, 1.82) is 0 Å². The van der Waals surface area contributed by atoms with Gasteiger partial charge in [0, 0.05) is 12.8 Å². The van der Waals surface area contributed by atoms with Crippen LogP contribution in [0.15, 0.2) is 0 Å². The van der Waals surface area contributed by atoms with Crippen molar-refractivity contribution in [2.75, 3.05) is 26.2 Å². The lowest BCUT2D eigenvalue weighted by Crippen LogP contribution is -2.32. The topological polar surface area (TPSA) is 44.1 Å². The summed E-state index contributed by atoms with van der Waals surface area (Å²) in [5.41, 5.74) is 0. The molecule has 0 saturated heterocycles. The predicted molar refractivity (Wildman–Crippen MR) is 232 cm³/mol. The second-order valence-electron chi connectivity index (χ2n) is 16.9. The molecule has 4 nitrogen and oxygen atoms in total. The number of nitrogens with zero attached hydrogens (tertiary/aromatic N) is 1. The Kier molecular flexibility index (Phi) is 38.7. The highest BCUT2D eigenvalue weighted by Crippen LogP contribution is 2.17. The van der Waals surface area contributed by atoms with Gasteiger partial charge < -0.3 is 5.32 Å². The summed E-state index contributed by atoms with van der Waals surface area (Å²) in [5, 5.41) is 6.82. The molecule has 308 valence electrons. The normalized spacial score (nSPS) is 13.0. The van der Waals surface area contributed by atoms with Gasteiger partial charge in [-0.05, 0) is 12.8 Å². The lowest BCUT2D eigenvalue weighted by molar-refractivity contribution is -0.517. The van der Waals surface area contributed by atoms with Crippen LogP contribution in [-0.2, 0) is 4.79 Å². The van der Waals surface area contributed by atoms with Crippen LogP contribution >= 0.6 is 0 Å². The molecule has 0 aliphatic carbocycles. The fraction of sp³-hybridized carbons (Fsp3) is 0.958. The molecular formula is C48H96N3O+. The van der Waals surface area contributed by atoms with Gasteiger partial charge in [0.1, 0.15) is 19.6 Å². The molecule has 1 aliphatic rings. The van der Waals surface area contributed by atoms with Crippen LogP contribution in [0.4, 0.5) is 0 Å². The van der Waals surface area contributed by atoms with Gasteiger partial charge in [0.15, 0.2) is 0 Å². The molecule has 1 heterocycles. The first-order chi connectivity index (χ1) is 25.8. The number of amides is 1. The second-order valence-corrected chi connectivity index (χ2v) is 16.9. The third-order valence-corrected chi connectivity index (χ3v) is 11.8. The van der Waals surface area contributed by atoms with Crippen molar-refractivity contribution in [1.82, 2.24) is 10.6 Å². The second kappa shape index (κ2) is 41.1. The molecule has 0 aromatic rings. The minimum atomic E-state index is 0.250. The number of nitrogens with one attached hydrogen (secondary N) is 2. The molecule has 4 heteroatoms. The van der Waals surface area contributed by atoms with Crippen LogP contribution in [0.5, 0.6) is 0 Å². The smallest absolute Gasteiger partial charge is 0.244 e. The molecule has 1 amide bonds. The lowest BCUT2D eigenvalue weighted by Gasteiger charge is -2.07. The van der Waals surface area contributed by atoms with Crippen LogP contribution in [0.25, 0.3) is 0 Å². The molecule has 52 heavy (non-hydrogen) atoms. The number of hydrogen-bond donors (Lipinski definition) is 2. The first kappa shape index (κ1) is 49.0. The van der Waals surface area contributed by atoms with Crippen molar-refractivity contribution in [3.8, 4) is 0 Å². The number of carbonyl (C=O) groups excluding carboxylic acids is 1. The van der Waals surface area contributed by atoms with E-state index in [1.54, 1.807) is 0 Å². The fourth-order valence-corrected chi connectivity index (χ4v) is 8.23. The summed E-state index contributed by atoms with van der Waals surface area (Å²) in [5.74, 6) is 1.67. The predicted octanol–water partition coefficient (Wildman–Crippen LogP) is 14.8. The highest BCUT2D eigenvalue weighted by Gasteiger charge is 2.19. The standard InChI is InChI=1S/C48H95N3O/c1-3-5-7-9-11-13-15-17-19-21-23-25-27-29-31-33-35-37-39-41-47-49-43-45-51(47)46-44-50-48(52)42-40-38-36-34-32-30-28-26-24-22-20-18-16-14-12-10-8-6-4-2/h3-46H2,1-2H3,(H,50,52)/p+1. The maximum atomic E-state index is 12.4. The van der Waals surface area contributed by atoms with E-state index < -0.39 is 0 Å². The molecule has 0 saturated carbocycles. The van der Waals surface area contributed by atoms with Gasteiger partial charge in [-0.1, -0.05) is 245 Å². The zero-order valence-corrected chi connectivity index (χ0v) is 36.0. The average molecular weight is 731 g/mol. The van der Waals surface area contributed by atoms with Crippen molar-refractivity contribution in [3.63, 3.8) is 0 Å². The summed E-state index contributed by atoms with van der Waals surface area (Å²) in [4.78, 5) is 12.4. The summed E-state index contributed by atoms with van der Waals surface area (Å²) >= 11 is 0. The van der Waals surface area contributed by atoms with Crippen molar-refractivity contribution in [3.05, 3.63) is 0 Å². The minimum absolute atomic E-state index is 0.250. The highest BCUT2D eigenvalue weighted by molar-refractivity contribution is 5.78. The number of carbonyl (C=O) groups is 1. The van der Waals surface area contributed by atoms with Gasteiger partial charge in [-0.25, -0.2) is 0 Å². The molecule has 0 radical (unpaired) electrons. The molecule has 1 rings (SSSR count). The summed E-state index contributed by atoms with van der Waals surface area (Å²) in [6, 6.07) is 0. The summed E-state index contributed by atoms with van der Waals surface area (Å²) in [7, 11) is 0. The molecule has 0 atom stereocenters. The number of hydrogen-bond acceptors (Lipinski definition) is 2. The van der Waals surface area contributed by atoms with E-state index in [0.29, 0.717) is 6.42 Å². The van der Waals surface area contributed by atoms with Crippen molar-refractivity contribution < 1.29 is 9.37 Å². The van der Waals surface area contributed by atoms with Gasteiger partial charge in [0.05, 0.1) is 6.54 Å². The highest BCUT2D eigenvalue weighted by atomic mass is 16.1. The quantitative estimate of drug-likeness (QED) is 0.0485. The van der Waals surface area contributed by atoms with Crippen LogP contribution in [0.1, 0.15) is 271 Å². The summed E-state index contributed by atoms with van der Waals surface area (Å²) < 4.78 is 2.48. The van der Waals surface area contributed by atoms with E-state index in [-0.39, 0.29) is 5.91 Å². The minimum Gasteiger partial charge on any atom is -0.352 e. The van der Waals surface area contributed by atoms with Gasteiger partial charge in [-0.2, -0.15) is 0 Å². The summed E-state index contributed by atoms with van der Waals surface area (Å²) in [6.07, 6.45) is 55.5. The Hall–Kier alpha value is -1.06. The maximum absolute atomic E-state index is 12.4. The van der Waals surface area contributed by atoms with Crippen molar-refractivity contribution in [2.24, 2.45) is 0 Å². The molecule has 0 fully saturated rings. The SMILES string of the molecule is CCCCCCCCCCCCCCCCCCCCCC(=O)NCC[N+]1=C(CCCCCCCCCCCCCCCCCCCCC)NCC1. The van der Waals surface area contributed by atoms with Gasteiger partial charge in [0.25, 0.3) is 0 Å². The van der Waals surface area contributed by atoms with Gasteiger partial charge in [-0.15, -0.1) is 0 Å². The zero-order valence-electron chi connectivity index (χ0n) is 36.0. The third kappa shape index (κ3) is 34.7. The number of rotatable bonds is 43. The van der Waals surface area contributed by atoms with E-state index in [9.17, 15) is 4.79 Å². The van der Waals surface area contributed by atoms with E-state index in [1.165, 1.54) is 250 Å². The van der Waals surface area contributed by atoms with Crippen LogP contribution in [-0.4, -0.2) is 42.5 Å². The molecule has 0 bridgehead atoms. The Bertz CT molecular complexity index is 765. The monoisotopic (exact) mass is 731 g/mol. The molecular weight excluding hydrogens is 635 g/mol. The lowest BCUT2D eigenvalue weighted by atomic mass is 10.0. The van der Waals surface area contributed by atoms with Gasteiger partial charge in [0.2, 0.25) is 11.7 Å². The Balaban J connectivity index is 1.82. The zero-order chi connectivity index (χ0) is 37.3. The first-order valence-corrected chi connectivity index (χ1v) is 24.4. The molecule has 2 N–H and O–H groups in total. The Morgan fingerprint density at radius 2 is 0.769 bits per heavy atom. The summed E-state index contributed by atoms with van der Waals surface area (Å²) in [6.45, 7) is 8.48. The molecule has 0 aromatic carbocycles. The van der Waals surface area contributed by atoms with E-state index in [4.69, 9.17) is 0 Å². The largest absolute Gasteiger partial charge is 0.352 e. The van der Waals surface area contributed by atoms with Crippen LogP contribution in [0, 0.1) is 0 Å². The Labute approximate surface area is 327 Å². The van der Waals surface area contributed by atoms with Crippen LogP contribution in [0.2, 0.25) is 0 Å². The molecule has 1 aliphatic heterocycles. The van der Waals surface area contributed by atoms with Crippen LogP contribution < -0.4 is 10.6 Å². The van der Waals surface area contributed by atoms with Crippen molar-refractivity contribution >= 4 is 11.7 Å². The van der Waals surface area contributed by atoms with Crippen molar-refractivity contribution in [2.45, 2.75) is 271 Å². The fourth-order valence-electron chi connectivity index (χ4n) is 8.23. The molecule has 0 aromatic heterocycles. The Morgan fingerprint density at radius 1 is 0.462 bits per heavy atom. The Morgan fingerprint density at radius 3 is 1.12 bits per heavy atom. The van der Waals surface area contributed by atoms with E-state index >= 15 is 0 Å². The van der Waals surface area contributed by atoms with Crippen LogP contribution in [0.3, 0.4) is 0 Å². The first-order valence-electron chi connectivity index (χ1n) is 24.4. The maximum Gasteiger partial charge on any atom is 0.244 e. The van der Waals surface area contributed by atoms with E-state index in [2.05, 4.69) is 29.1 Å². The average Bonchev–Trinajstić information content (AvgIpc) is 3.60. The number of unbranched alkanes of at least 4 members (excludes halogenated alkanes) is 36. The number of amidine groups is 1. The van der Waals surface area contributed by atoms with Gasteiger partial charge >= 0.3 is 0 Å². The molecule has 0 spiro atoms.